The molecule has 4 nitrogen and oxygen atoms in total. The number of hydrogen-bond donors (Lipinski definition) is 0. The molecule has 2 aromatic carbocycles. The second kappa shape index (κ2) is 6.96. The summed E-state index contributed by atoms with van der Waals surface area (Å²) in [5.41, 5.74) is 1.97. The van der Waals surface area contributed by atoms with Crippen molar-refractivity contribution in [3.63, 3.8) is 0 Å². The third-order valence-corrected chi connectivity index (χ3v) is 4.42. The second-order valence-corrected chi connectivity index (χ2v) is 6.04. The van der Waals surface area contributed by atoms with Crippen molar-refractivity contribution in [3.05, 3.63) is 95.2 Å². The largest absolute Gasteiger partial charge is 0.485 e. The third kappa shape index (κ3) is 3.15. The Balaban J connectivity index is 1.83. The average Bonchev–Trinajstić information content (AvgIpc) is 2.69. The van der Waals surface area contributed by atoms with Gasteiger partial charge < -0.3 is 4.74 Å². The lowest BCUT2D eigenvalue weighted by molar-refractivity contribution is 0.205. The SMILES string of the molecule is [C-]#[N+]/N=C1/CC(c2ccccc2)Oc2cc(F)c(-c3cccnc3F)cc21. The van der Waals surface area contributed by atoms with E-state index in [1.54, 1.807) is 0 Å². The maximum Gasteiger partial charge on any atom is 0.220 e. The second-order valence-electron chi connectivity index (χ2n) is 6.04. The van der Waals surface area contributed by atoms with E-state index >= 15 is 0 Å². The van der Waals surface area contributed by atoms with Crippen LogP contribution in [0.25, 0.3) is 16.1 Å². The molecule has 0 spiro atoms. The predicted molar refractivity (Wildman–Crippen MR) is 97.2 cm³/mol. The van der Waals surface area contributed by atoms with Gasteiger partial charge in [-0.05, 0) is 23.8 Å². The van der Waals surface area contributed by atoms with Crippen molar-refractivity contribution in [2.24, 2.45) is 5.10 Å². The zero-order chi connectivity index (χ0) is 18.8. The van der Waals surface area contributed by atoms with Crippen molar-refractivity contribution in [1.82, 2.24) is 4.98 Å². The quantitative estimate of drug-likeness (QED) is 0.359. The highest BCUT2D eigenvalue weighted by molar-refractivity contribution is 6.05. The van der Waals surface area contributed by atoms with Crippen LogP contribution in [0.4, 0.5) is 8.78 Å². The summed E-state index contributed by atoms with van der Waals surface area (Å²) in [7, 11) is 0. The van der Waals surface area contributed by atoms with Crippen LogP contribution < -0.4 is 4.74 Å². The van der Waals surface area contributed by atoms with Crippen molar-refractivity contribution in [2.75, 3.05) is 0 Å². The molecule has 6 heteroatoms. The zero-order valence-corrected chi connectivity index (χ0v) is 14.1. The Morgan fingerprint density at radius 2 is 1.85 bits per heavy atom. The molecule has 132 valence electrons. The van der Waals surface area contributed by atoms with Gasteiger partial charge in [0.2, 0.25) is 5.95 Å². The minimum absolute atomic E-state index is 0.0464. The first kappa shape index (κ1) is 16.9. The van der Waals surface area contributed by atoms with Gasteiger partial charge in [0.25, 0.3) is 0 Å². The summed E-state index contributed by atoms with van der Waals surface area (Å²) in [4.78, 5) is 6.70. The van der Waals surface area contributed by atoms with Crippen LogP contribution >= 0.6 is 0 Å². The molecule has 1 atom stereocenters. The third-order valence-electron chi connectivity index (χ3n) is 4.42. The van der Waals surface area contributed by atoms with Gasteiger partial charge in [-0.15, -0.1) is 4.95 Å². The van der Waals surface area contributed by atoms with Crippen LogP contribution in [0.1, 0.15) is 23.7 Å². The Morgan fingerprint density at radius 1 is 1.04 bits per heavy atom. The number of aromatic nitrogens is 1. The Labute approximate surface area is 154 Å². The van der Waals surface area contributed by atoms with Crippen molar-refractivity contribution in [2.45, 2.75) is 12.5 Å². The summed E-state index contributed by atoms with van der Waals surface area (Å²) in [5, 5.41) is 3.88. The molecule has 4 rings (SSSR count). The molecule has 0 fully saturated rings. The van der Waals surface area contributed by atoms with Gasteiger partial charge in [0.15, 0.2) is 0 Å². The first-order valence-electron chi connectivity index (χ1n) is 8.27. The number of benzene rings is 2. The van der Waals surface area contributed by atoms with Gasteiger partial charge in [-0.25, -0.2) is 9.37 Å². The van der Waals surface area contributed by atoms with Gasteiger partial charge in [0.05, 0.1) is 5.10 Å². The number of nitrogens with zero attached hydrogens (tertiary/aromatic N) is 3. The van der Waals surface area contributed by atoms with E-state index in [0.29, 0.717) is 17.7 Å². The number of ether oxygens (including phenoxy) is 1. The van der Waals surface area contributed by atoms with Gasteiger partial charge in [-0.2, -0.15) is 11.0 Å². The van der Waals surface area contributed by atoms with Crippen LogP contribution in [0.2, 0.25) is 0 Å². The molecule has 1 aliphatic heterocycles. The fraction of sp³-hybridized carbons (Fsp3) is 0.0952. The van der Waals surface area contributed by atoms with E-state index in [4.69, 9.17) is 11.3 Å². The Bertz CT molecular complexity index is 1070. The molecule has 3 aromatic rings. The van der Waals surface area contributed by atoms with Gasteiger partial charge in [0.1, 0.15) is 23.4 Å². The molecule has 0 N–H and O–H groups in total. The van der Waals surface area contributed by atoms with Gasteiger partial charge in [-0.3, -0.25) is 0 Å². The lowest BCUT2D eigenvalue weighted by Crippen LogP contribution is -2.21. The van der Waals surface area contributed by atoms with Crippen LogP contribution in [-0.4, -0.2) is 10.7 Å². The summed E-state index contributed by atoms with van der Waals surface area (Å²) >= 11 is 0. The number of hydrogen-bond acceptors (Lipinski definition) is 3. The molecular weight excluding hydrogens is 348 g/mol. The molecule has 1 unspecified atom stereocenters. The summed E-state index contributed by atoms with van der Waals surface area (Å²) < 4.78 is 34.7. The highest BCUT2D eigenvalue weighted by Gasteiger charge is 2.30. The van der Waals surface area contributed by atoms with Crippen molar-refractivity contribution < 1.29 is 13.5 Å². The molecule has 0 saturated heterocycles. The maximum atomic E-state index is 14.7. The highest BCUT2D eigenvalue weighted by atomic mass is 19.1. The molecule has 1 aliphatic rings. The summed E-state index contributed by atoms with van der Waals surface area (Å²) in [6.07, 6.45) is 1.29. The predicted octanol–water partition coefficient (Wildman–Crippen LogP) is 5.17. The van der Waals surface area contributed by atoms with Crippen molar-refractivity contribution >= 4 is 5.71 Å². The van der Waals surface area contributed by atoms with E-state index in [2.05, 4.69) is 15.0 Å². The topological polar surface area (TPSA) is 38.8 Å². The van der Waals surface area contributed by atoms with Crippen molar-refractivity contribution in [1.29, 1.82) is 0 Å². The number of pyridine rings is 1. The summed E-state index contributed by atoms with van der Waals surface area (Å²) in [5.74, 6) is -1.11. The standard InChI is InChI=1S/C21H13F2N3O/c1-24-26-18-12-19(13-6-3-2-4-7-13)27-20-11-17(22)15(10-16(18)20)14-8-5-9-25-21(14)23/h2-11,19H,12H2/b26-18-. The molecule has 0 amide bonds. The van der Waals surface area contributed by atoms with Gasteiger partial charge >= 0.3 is 0 Å². The Morgan fingerprint density at radius 3 is 2.59 bits per heavy atom. The fourth-order valence-electron chi connectivity index (χ4n) is 3.16. The van der Waals surface area contributed by atoms with Crippen molar-refractivity contribution in [3.8, 4) is 16.9 Å². The summed E-state index contributed by atoms with van der Waals surface area (Å²) in [6, 6.07) is 15.1. The smallest absolute Gasteiger partial charge is 0.220 e. The zero-order valence-electron chi connectivity index (χ0n) is 14.1. The fourth-order valence-corrected chi connectivity index (χ4v) is 3.16. The molecule has 0 aliphatic carbocycles. The normalized spacial score (nSPS) is 17.1. The van der Waals surface area contributed by atoms with E-state index in [9.17, 15) is 8.78 Å². The van der Waals surface area contributed by atoms with Crippen LogP contribution in [0.5, 0.6) is 5.75 Å². The molecular formula is C21H13F2N3O. The molecule has 0 saturated carbocycles. The highest BCUT2D eigenvalue weighted by Crippen LogP contribution is 2.39. The first-order chi connectivity index (χ1) is 13.2. The van der Waals surface area contributed by atoms with Crippen LogP contribution in [-0.2, 0) is 0 Å². The van der Waals surface area contributed by atoms with Gasteiger partial charge in [-0.1, -0.05) is 30.3 Å². The number of fused-ring (bicyclic) bond motifs is 1. The Kier molecular flexibility index (Phi) is 4.35. The van der Waals surface area contributed by atoms with E-state index in [0.717, 1.165) is 5.56 Å². The van der Waals surface area contributed by atoms with Crippen LogP contribution in [0.15, 0.2) is 65.9 Å². The molecule has 27 heavy (non-hydrogen) atoms. The van der Waals surface area contributed by atoms with Crippen LogP contribution in [0, 0.1) is 18.3 Å². The minimum Gasteiger partial charge on any atom is -0.485 e. The van der Waals surface area contributed by atoms with Crippen LogP contribution in [0.3, 0.4) is 0 Å². The average molecular weight is 361 g/mol. The van der Waals surface area contributed by atoms with E-state index in [1.807, 2.05) is 30.3 Å². The monoisotopic (exact) mass is 361 g/mol. The molecule has 0 radical (unpaired) electrons. The first-order valence-corrected chi connectivity index (χ1v) is 8.27. The van der Waals surface area contributed by atoms with E-state index < -0.39 is 11.8 Å². The lowest BCUT2D eigenvalue weighted by Gasteiger charge is -2.27. The lowest BCUT2D eigenvalue weighted by atomic mass is 9.93. The molecule has 1 aromatic heterocycles. The molecule has 2 heterocycles. The Hall–Kier alpha value is -3.59. The minimum atomic E-state index is -0.765. The molecule has 0 bridgehead atoms. The van der Waals surface area contributed by atoms with E-state index in [-0.39, 0.29) is 23.0 Å². The number of rotatable bonds is 2. The van der Waals surface area contributed by atoms with E-state index in [1.165, 1.54) is 30.5 Å². The number of halogens is 2. The summed E-state index contributed by atoms with van der Waals surface area (Å²) in [6.45, 7) is 7.10. The van der Waals surface area contributed by atoms with Gasteiger partial charge in [0, 0.05) is 35.4 Å². The maximum absolute atomic E-state index is 14.7.